The van der Waals surface area contributed by atoms with Gasteiger partial charge >= 0.3 is 0 Å². The smallest absolute Gasteiger partial charge is 0.239 e. The number of likely N-dealkylation sites (N-methyl/N-ethyl adjacent to an activating group) is 1. The van der Waals surface area contributed by atoms with Crippen molar-refractivity contribution in [2.24, 2.45) is 5.92 Å². The van der Waals surface area contributed by atoms with Crippen LogP contribution < -0.4 is 5.32 Å². The molecular weight excluding hydrogens is 296 g/mol. The lowest BCUT2D eigenvalue weighted by molar-refractivity contribution is -0.117. The molecule has 1 aromatic rings. The second-order valence-electron chi connectivity index (χ2n) is 6.70. The maximum Gasteiger partial charge on any atom is 0.239 e. The first-order valence-electron chi connectivity index (χ1n) is 8.24. The Balaban J connectivity index is 1.66. The molecular formula is C16H28N4O3. The quantitative estimate of drug-likeness (QED) is 0.777. The molecule has 7 nitrogen and oxygen atoms in total. The summed E-state index contributed by atoms with van der Waals surface area (Å²) in [6, 6.07) is 1.67. The number of aryl methyl sites for hydroxylation is 1. The average Bonchev–Trinajstić information content (AvgIpc) is 2.86. The zero-order chi connectivity index (χ0) is 16.8. The Kier molecular flexibility index (Phi) is 6.56. The highest BCUT2D eigenvalue weighted by Crippen LogP contribution is 2.16. The van der Waals surface area contributed by atoms with Crippen molar-refractivity contribution in [2.45, 2.75) is 32.8 Å². The third-order valence-corrected chi connectivity index (χ3v) is 4.18. The number of hydrogen-bond donors (Lipinski definition) is 2. The number of amides is 1. The zero-order valence-electron chi connectivity index (χ0n) is 14.3. The molecule has 1 saturated heterocycles. The van der Waals surface area contributed by atoms with Crippen molar-refractivity contribution in [3.05, 3.63) is 11.8 Å². The van der Waals surface area contributed by atoms with Crippen LogP contribution in [0.25, 0.3) is 0 Å². The number of anilines is 1. The fourth-order valence-corrected chi connectivity index (χ4v) is 2.88. The van der Waals surface area contributed by atoms with Crippen molar-refractivity contribution in [2.75, 3.05) is 45.1 Å². The van der Waals surface area contributed by atoms with Crippen molar-refractivity contribution in [3.63, 3.8) is 0 Å². The van der Waals surface area contributed by atoms with E-state index in [1.165, 1.54) is 12.8 Å². The summed E-state index contributed by atoms with van der Waals surface area (Å²) in [6.07, 6.45) is 1.94. The van der Waals surface area contributed by atoms with Crippen LogP contribution in [0, 0.1) is 12.8 Å². The lowest BCUT2D eigenvalue weighted by Gasteiger charge is -2.32. The Bertz CT molecular complexity index is 497. The number of β-amino-alcohol motifs (C(OH)–C–C–N with tert-alkyl or cyclic N) is 1. The number of nitrogens with one attached hydrogen (secondary N) is 1. The summed E-state index contributed by atoms with van der Waals surface area (Å²) in [4.78, 5) is 16.0. The summed E-state index contributed by atoms with van der Waals surface area (Å²) in [5, 5.41) is 16.6. The van der Waals surface area contributed by atoms with Gasteiger partial charge in [0.25, 0.3) is 0 Å². The van der Waals surface area contributed by atoms with Crippen LogP contribution in [-0.2, 0) is 4.79 Å². The fourth-order valence-electron chi connectivity index (χ4n) is 2.88. The molecule has 0 bridgehead atoms. The Morgan fingerprint density at radius 2 is 2.26 bits per heavy atom. The minimum Gasteiger partial charge on any atom is -0.390 e. The molecule has 0 spiro atoms. The first kappa shape index (κ1) is 17.9. The highest BCUT2D eigenvalue weighted by molar-refractivity contribution is 5.91. The van der Waals surface area contributed by atoms with Gasteiger partial charge in [-0.05, 0) is 45.8 Å². The Morgan fingerprint density at radius 1 is 1.57 bits per heavy atom. The first-order chi connectivity index (χ1) is 10.9. The topological polar surface area (TPSA) is 81.8 Å². The van der Waals surface area contributed by atoms with Crippen LogP contribution in [0.5, 0.6) is 0 Å². The summed E-state index contributed by atoms with van der Waals surface area (Å²) in [7, 11) is 1.83. The van der Waals surface area contributed by atoms with E-state index in [-0.39, 0.29) is 12.5 Å². The largest absolute Gasteiger partial charge is 0.390 e. The summed E-state index contributed by atoms with van der Waals surface area (Å²) < 4.78 is 4.90. The molecule has 1 fully saturated rings. The maximum atomic E-state index is 11.9. The molecule has 1 atom stereocenters. The third-order valence-electron chi connectivity index (χ3n) is 4.18. The van der Waals surface area contributed by atoms with Gasteiger partial charge in [0, 0.05) is 19.2 Å². The molecule has 1 aliphatic heterocycles. The average molecular weight is 324 g/mol. The van der Waals surface area contributed by atoms with E-state index in [4.69, 9.17) is 4.52 Å². The van der Waals surface area contributed by atoms with Crippen LogP contribution in [0.4, 0.5) is 5.82 Å². The van der Waals surface area contributed by atoms with Gasteiger partial charge in [-0.3, -0.25) is 9.69 Å². The second-order valence-corrected chi connectivity index (χ2v) is 6.70. The monoisotopic (exact) mass is 324 g/mol. The first-order valence-corrected chi connectivity index (χ1v) is 8.24. The molecule has 1 aromatic heterocycles. The molecule has 1 aliphatic rings. The standard InChI is InChI=1S/C16H28N4O3/c1-12-4-6-20(7-5-12)10-14(21)9-19(3)11-16(22)17-15-8-13(2)23-18-15/h8,12,14,21H,4-7,9-11H2,1-3H3,(H,17,18,22). The molecule has 0 aromatic carbocycles. The van der Waals surface area contributed by atoms with E-state index >= 15 is 0 Å². The summed E-state index contributed by atoms with van der Waals surface area (Å²) in [5.41, 5.74) is 0. The molecule has 130 valence electrons. The maximum absolute atomic E-state index is 11.9. The highest BCUT2D eigenvalue weighted by atomic mass is 16.5. The van der Waals surface area contributed by atoms with Gasteiger partial charge in [-0.2, -0.15) is 0 Å². The van der Waals surface area contributed by atoms with E-state index in [1.807, 2.05) is 11.9 Å². The number of piperidine rings is 1. The molecule has 0 saturated carbocycles. The number of aliphatic hydroxyl groups is 1. The van der Waals surface area contributed by atoms with Gasteiger partial charge in [-0.1, -0.05) is 12.1 Å². The van der Waals surface area contributed by atoms with E-state index in [0.717, 1.165) is 19.0 Å². The van der Waals surface area contributed by atoms with Crippen LogP contribution >= 0.6 is 0 Å². The number of carbonyl (C=O) groups excluding carboxylic acids is 1. The van der Waals surface area contributed by atoms with Crippen molar-refractivity contribution in [1.29, 1.82) is 0 Å². The van der Waals surface area contributed by atoms with Crippen LogP contribution in [0.3, 0.4) is 0 Å². The minimum atomic E-state index is -0.449. The fraction of sp³-hybridized carbons (Fsp3) is 0.750. The van der Waals surface area contributed by atoms with Crippen molar-refractivity contribution >= 4 is 11.7 Å². The molecule has 23 heavy (non-hydrogen) atoms. The van der Waals surface area contributed by atoms with Gasteiger partial charge in [0.2, 0.25) is 5.91 Å². The number of hydrogen-bond acceptors (Lipinski definition) is 6. The minimum absolute atomic E-state index is 0.167. The molecule has 7 heteroatoms. The van der Waals surface area contributed by atoms with E-state index in [1.54, 1.807) is 13.0 Å². The summed E-state index contributed by atoms with van der Waals surface area (Å²) in [5.74, 6) is 1.69. The summed E-state index contributed by atoms with van der Waals surface area (Å²) in [6.45, 7) is 7.49. The number of aliphatic hydroxyl groups excluding tert-OH is 1. The van der Waals surface area contributed by atoms with Crippen molar-refractivity contribution in [3.8, 4) is 0 Å². The van der Waals surface area contributed by atoms with E-state index in [2.05, 4.69) is 22.3 Å². The number of rotatable bonds is 7. The van der Waals surface area contributed by atoms with Gasteiger partial charge in [0.1, 0.15) is 5.76 Å². The van der Waals surface area contributed by atoms with E-state index in [9.17, 15) is 9.90 Å². The zero-order valence-corrected chi connectivity index (χ0v) is 14.3. The predicted octanol–water partition coefficient (Wildman–Crippen LogP) is 0.946. The molecule has 1 unspecified atom stereocenters. The van der Waals surface area contributed by atoms with Crippen LogP contribution in [0.15, 0.2) is 10.6 Å². The van der Waals surface area contributed by atoms with E-state index < -0.39 is 6.10 Å². The predicted molar refractivity (Wildman–Crippen MR) is 88.2 cm³/mol. The van der Waals surface area contributed by atoms with Crippen LogP contribution in [-0.4, -0.2) is 71.8 Å². The Morgan fingerprint density at radius 3 is 2.87 bits per heavy atom. The van der Waals surface area contributed by atoms with Gasteiger partial charge < -0.3 is 19.8 Å². The molecule has 1 amide bonds. The highest BCUT2D eigenvalue weighted by Gasteiger charge is 2.19. The number of nitrogens with zero attached hydrogens (tertiary/aromatic N) is 3. The molecule has 2 rings (SSSR count). The molecule has 2 N–H and O–H groups in total. The van der Waals surface area contributed by atoms with Crippen molar-refractivity contribution in [1.82, 2.24) is 15.0 Å². The lowest BCUT2D eigenvalue weighted by Crippen LogP contribution is -2.43. The third kappa shape index (κ3) is 6.29. The Hall–Kier alpha value is -1.44. The van der Waals surface area contributed by atoms with Crippen LogP contribution in [0.1, 0.15) is 25.5 Å². The second kappa shape index (κ2) is 8.42. The molecule has 0 radical (unpaired) electrons. The van der Waals surface area contributed by atoms with Gasteiger partial charge in [0.05, 0.1) is 12.6 Å². The molecule has 0 aliphatic carbocycles. The van der Waals surface area contributed by atoms with Crippen molar-refractivity contribution < 1.29 is 14.4 Å². The molecule has 2 heterocycles. The van der Waals surface area contributed by atoms with Gasteiger partial charge in [-0.25, -0.2) is 0 Å². The van der Waals surface area contributed by atoms with Gasteiger partial charge in [-0.15, -0.1) is 0 Å². The van der Waals surface area contributed by atoms with Crippen LogP contribution in [0.2, 0.25) is 0 Å². The summed E-state index contributed by atoms with van der Waals surface area (Å²) >= 11 is 0. The number of aromatic nitrogens is 1. The number of likely N-dealkylation sites (tertiary alicyclic amines) is 1. The normalized spacial score (nSPS) is 18.3. The Labute approximate surface area is 137 Å². The SMILES string of the molecule is Cc1cc(NC(=O)CN(C)CC(O)CN2CCC(C)CC2)no1. The number of carbonyl (C=O) groups is 1. The van der Waals surface area contributed by atoms with E-state index in [0.29, 0.717) is 24.7 Å². The van der Waals surface area contributed by atoms with Gasteiger partial charge in [0.15, 0.2) is 5.82 Å². The lowest BCUT2D eigenvalue weighted by atomic mass is 9.99.